The first-order chi connectivity index (χ1) is 21.9. The molecule has 0 unspecified atom stereocenters. The van der Waals surface area contributed by atoms with Gasteiger partial charge in [0.1, 0.15) is 0 Å². The van der Waals surface area contributed by atoms with Crippen LogP contribution in [0.3, 0.4) is 0 Å². The van der Waals surface area contributed by atoms with E-state index in [2.05, 4.69) is 17.3 Å². The molecular formula is C40H82N2O2. The van der Waals surface area contributed by atoms with Gasteiger partial charge < -0.3 is 19.7 Å². The van der Waals surface area contributed by atoms with Gasteiger partial charge in [0.15, 0.2) is 0 Å². The summed E-state index contributed by atoms with van der Waals surface area (Å²) < 4.78 is 10.3. The molecule has 4 heterocycles. The molecule has 44 heavy (non-hydrogen) atoms. The topological polar surface area (TPSA) is 33.7 Å². The third-order valence-electron chi connectivity index (χ3n) is 9.69. The highest BCUT2D eigenvalue weighted by Crippen LogP contribution is 2.16. The highest BCUT2D eigenvalue weighted by atomic mass is 16.5. The predicted molar refractivity (Wildman–Crippen MR) is 195 cm³/mol. The van der Waals surface area contributed by atoms with Crippen molar-refractivity contribution in [2.75, 3.05) is 59.7 Å². The van der Waals surface area contributed by atoms with Gasteiger partial charge in [0, 0.05) is 26.4 Å². The van der Waals surface area contributed by atoms with Crippen molar-refractivity contribution >= 4 is 0 Å². The zero-order chi connectivity index (χ0) is 31.3. The lowest BCUT2D eigenvalue weighted by Crippen LogP contribution is -2.24. The fourth-order valence-corrected chi connectivity index (χ4v) is 6.59. The Labute approximate surface area is 278 Å². The Morgan fingerprint density at radius 3 is 0.705 bits per heavy atom. The van der Waals surface area contributed by atoms with Crippen molar-refractivity contribution < 1.29 is 9.47 Å². The Hall–Kier alpha value is -0.160. The number of nitrogens with zero attached hydrogens (tertiary/aromatic N) is 1. The largest absolute Gasteiger partial charge is 0.381 e. The maximum atomic E-state index is 5.19. The van der Waals surface area contributed by atoms with Crippen LogP contribution in [0.15, 0.2) is 0 Å². The number of likely N-dealkylation sites (tertiary alicyclic amines) is 1. The van der Waals surface area contributed by atoms with Crippen molar-refractivity contribution in [3.63, 3.8) is 0 Å². The monoisotopic (exact) mass is 623 g/mol. The molecule has 3 saturated carbocycles. The Morgan fingerprint density at radius 1 is 0.295 bits per heavy atom. The van der Waals surface area contributed by atoms with E-state index in [0.717, 1.165) is 26.4 Å². The van der Waals surface area contributed by atoms with Gasteiger partial charge >= 0.3 is 0 Å². The third-order valence-corrected chi connectivity index (χ3v) is 9.69. The average Bonchev–Trinajstić information content (AvgIpc) is 3.36. The SMILES string of the molecule is C1CCCC1.C1CCCCC1.C1CCCCCC1.C1CCCOCC1.C1CCNCC1.C1CCOCC1.CN1CCCCC1. The zero-order valence-electron chi connectivity index (χ0n) is 30.3. The molecule has 1 N–H and O–H groups in total. The highest BCUT2D eigenvalue weighted by Gasteiger charge is 2.02. The molecule has 0 aromatic carbocycles. The van der Waals surface area contributed by atoms with E-state index in [4.69, 9.17) is 9.47 Å². The molecule has 7 fully saturated rings. The van der Waals surface area contributed by atoms with Gasteiger partial charge in [-0.3, -0.25) is 0 Å². The van der Waals surface area contributed by atoms with Crippen LogP contribution in [0.2, 0.25) is 0 Å². The number of rotatable bonds is 0. The minimum atomic E-state index is 1.00. The number of piperidine rings is 2. The number of nitrogens with one attached hydrogen (secondary N) is 1. The first-order valence-electron chi connectivity index (χ1n) is 20.4. The van der Waals surface area contributed by atoms with Crippen molar-refractivity contribution in [3.05, 3.63) is 0 Å². The zero-order valence-corrected chi connectivity index (χ0v) is 30.3. The highest BCUT2D eigenvalue weighted by molar-refractivity contribution is 4.58. The molecule has 0 atom stereocenters. The molecule has 7 rings (SSSR count). The van der Waals surface area contributed by atoms with Crippen LogP contribution in [0.4, 0.5) is 0 Å². The van der Waals surface area contributed by atoms with E-state index in [1.165, 1.54) is 225 Å². The average molecular weight is 623 g/mol. The predicted octanol–water partition coefficient (Wildman–Crippen LogP) is 11.6. The molecule has 4 aliphatic heterocycles. The van der Waals surface area contributed by atoms with E-state index in [1.54, 1.807) is 0 Å². The Bertz CT molecular complexity index is 372. The number of hydrogen-bond donors (Lipinski definition) is 1. The summed E-state index contributed by atoms with van der Waals surface area (Å²) in [5.74, 6) is 0. The number of hydrogen-bond acceptors (Lipinski definition) is 4. The van der Waals surface area contributed by atoms with Crippen LogP contribution in [0.25, 0.3) is 0 Å². The summed E-state index contributed by atoms with van der Waals surface area (Å²) >= 11 is 0. The van der Waals surface area contributed by atoms with Crippen molar-refractivity contribution in [2.45, 2.75) is 199 Å². The Kier molecular flexibility index (Phi) is 35.5. The van der Waals surface area contributed by atoms with Crippen LogP contribution in [-0.4, -0.2) is 64.6 Å². The fraction of sp³-hybridized carbons (Fsp3) is 1.00. The molecule has 0 spiro atoms. The van der Waals surface area contributed by atoms with Crippen molar-refractivity contribution in [3.8, 4) is 0 Å². The summed E-state index contributed by atoms with van der Waals surface area (Å²) in [4.78, 5) is 2.39. The lowest BCUT2D eigenvalue weighted by molar-refractivity contribution is 0.0968. The molecule has 3 aliphatic carbocycles. The van der Waals surface area contributed by atoms with E-state index in [1.807, 2.05) is 0 Å². The Balaban J connectivity index is 0.000000257. The molecule has 0 aromatic heterocycles. The second-order valence-corrected chi connectivity index (χ2v) is 14.2. The molecule has 0 bridgehead atoms. The van der Waals surface area contributed by atoms with Gasteiger partial charge in [-0.05, 0) is 91.0 Å². The van der Waals surface area contributed by atoms with Gasteiger partial charge in [-0.2, -0.15) is 0 Å². The van der Waals surface area contributed by atoms with Crippen molar-refractivity contribution in [1.29, 1.82) is 0 Å². The molecule has 0 amide bonds. The molecule has 4 nitrogen and oxygen atoms in total. The quantitative estimate of drug-likeness (QED) is 0.273. The summed E-state index contributed by atoms with van der Waals surface area (Å²) in [6.45, 7) is 9.14. The summed E-state index contributed by atoms with van der Waals surface area (Å²) in [6.07, 6.45) is 44.7. The van der Waals surface area contributed by atoms with Gasteiger partial charge in [-0.1, -0.05) is 141 Å². The third kappa shape index (κ3) is 34.7. The molecule has 0 aromatic rings. The van der Waals surface area contributed by atoms with Crippen LogP contribution < -0.4 is 5.32 Å². The molecule has 7 aliphatic rings. The maximum Gasteiger partial charge on any atom is 0.0466 e. The first kappa shape index (κ1) is 41.9. The van der Waals surface area contributed by atoms with Crippen LogP contribution in [-0.2, 0) is 9.47 Å². The fourth-order valence-electron chi connectivity index (χ4n) is 6.59. The molecule has 4 saturated heterocycles. The normalized spacial score (nSPS) is 24.2. The summed E-state index contributed by atoms with van der Waals surface area (Å²) in [5.41, 5.74) is 0. The molecule has 4 heteroatoms. The summed E-state index contributed by atoms with van der Waals surface area (Å²) in [5, 5.41) is 3.28. The van der Waals surface area contributed by atoms with E-state index < -0.39 is 0 Å². The lowest BCUT2D eigenvalue weighted by atomic mass is 10.0. The lowest BCUT2D eigenvalue weighted by Gasteiger charge is -2.20. The van der Waals surface area contributed by atoms with Crippen molar-refractivity contribution in [2.24, 2.45) is 0 Å². The van der Waals surface area contributed by atoms with Crippen molar-refractivity contribution in [1.82, 2.24) is 10.2 Å². The van der Waals surface area contributed by atoms with Crippen LogP contribution in [0.5, 0.6) is 0 Å². The minimum absolute atomic E-state index is 1.00. The standard InChI is InChI=1S/C7H14.C6H13N.C6H12O.C6H12.C5H11N.C5H10O.C5H10/c1-2-4-6-7-5-3-1;1-7-5-3-2-4-6-7;1-2-4-6-7-5-3-1;3*1-2-4-6-5-3-1;1-2-4-5-3-1/h1-7H2;2-6H2,1H3;1-6H2;1-6H2;6H,1-5H2;1-5H2;1-5H2. The van der Waals surface area contributed by atoms with E-state index >= 15 is 0 Å². The molecular weight excluding hydrogens is 540 g/mol. The molecule has 264 valence electrons. The summed E-state index contributed by atoms with van der Waals surface area (Å²) in [6, 6.07) is 0. The van der Waals surface area contributed by atoms with Gasteiger partial charge in [0.25, 0.3) is 0 Å². The minimum Gasteiger partial charge on any atom is -0.381 e. The van der Waals surface area contributed by atoms with Gasteiger partial charge in [0.05, 0.1) is 0 Å². The first-order valence-corrected chi connectivity index (χ1v) is 20.4. The van der Waals surface area contributed by atoms with Gasteiger partial charge in [0.2, 0.25) is 0 Å². The van der Waals surface area contributed by atoms with Crippen LogP contribution >= 0.6 is 0 Å². The Morgan fingerprint density at radius 2 is 0.523 bits per heavy atom. The maximum absolute atomic E-state index is 5.19. The van der Waals surface area contributed by atoms with Crippen LogP contribution in [0, 0.1) is 0 Å². The second kappa shape index (κ2) is 37.3. The van der Waals surface area contributed by atoms with E-state index in [-0.39, 0.29) is 0 Å². The van der Waals surface area contributed by atoms with Crippen LogP contribution in [0.1, 0.15) is 199 Å². The van der Waals surface area contributed by atoms with E-state index in [0.29, 0.717) is 0 Å². The molecule has 0 radical (unpaired) electrons. The smallest absolute Gasteiger partial charge is 0.0466 e. The second-order valence-electron chi connectivity index (χ2n) is 14.2. The van der Waals surface area contributed by atoms with Gasteiger partial charge in [-0.25, -0.2) is 0 Å². The number of ether oxygens (including phenoxy) is 2. The van der Waals surface area contributed by atoms with E-state index in [9.17, 15) is 0 Å². The summed E-state index contributed by atoms with van der Waals surface area (Å²) in [7, 11) is 2.19. The van der Waals surface area contributed by atoms with Gasteiger partial charge in [-0.15, -0.1) is 0 Å².